The molecule has 2 rings (SSSR count). The number of rotatable bonds is 4. The molecule has 0 aliphatic carbocycles. The molecule has 21 heavy (non-hydrogen) atoms. The minimum absolute atomic E-state index is 0.0830. The Kier molecular flexibility index (Phi) is 4.28. The maximum Gasteiger partial charge on any atom is 0.338 e. The number of hydrogen-bond acceptors (Lipinski definition) is 4. The molecular formula is C15H15NO4S. The van der Waals surface area contributed by atoms with Gasteiger partial charge in [-0.1, -0.05) is 6.92 Å². The van der Waals surface area contributed by atoms with Crippen LogP contribution in [0.4, 0.5) is 5.00 Å². The molecule has 0 spiro atoms. The van der Waals surface area contributed by atoms with E-state index in [-0.39, 0.29) is 17.2 Å². The largest absolute Gasteiger partial charge is 0.508 e. The average Bonchev–Trinajstić information content (AvgIpc) is 2.81. The van der Waals surface area contributed by atoms with Gasteiger partial charge in [-0.15, -0.1) is 11.3 Å². The number of carbonyl (C=O) groups is 2. The van der Waals surface area contributed by atoms with Crippen LogP contribution in [0.2, 0.25) is 0 Å². The summed E-state index contributed by atoms with van der Waals surface area (Å²) < 4.78 is 0. The maximum absolute atomic E-state index is 12.2. The fourth-order valence-electron chi connectivity index (χ4n) is 1.94. The number of aromatic hydroxyl groups is 1. The van der Waals surface area contributed by atoms with Gasteiger partial charge in [-0.2, -0.15) is 0 Å². The van der Waals surface area contributed by atoms with Gasteiger partial charge in [0.25, 0.3) is 5.91 Å². The van der Waals surface area contributed by atoms with Crippen LogP contribution in [0.5, 0.6) is 5.75 Å². The second-order valence-electron chi connectivity index (χ2n) is 4.57. The summed E-state index contributed by atoms with van der Waals surface area (Å²) in [5.41, 5.74) is 1.12. The molecule has 0 unspecified atom stereocenters. The first-order valence-corrected chi connectivity index (χ1v) is 7.21. The number of nitrogens with one attached hydrogen (secondary N) is 1. The number of anilines is 1. The fraction of sp³-hybridized carbons (Fsp3) is 0.200. The Morgan fingerprint density at radius 2 is 1.95 bits per heavy atom. The van der Waals surface area contributed by atoms with Gasteiger partial charge in [-0.05, 0) is 43.2 Å². The monoisotopic (exact) mass is 305 g/mol. The lowest BCUT2D eigenvalue weighted by atomic mass is 10.1. The highest BCUT2D eigenvalue weighted by atomic mass is 32.1. The van der Waals surface area contributed by atoms with Crippen LogP contribution < -0.4 is 5.32 Å². The molecular weight excluding hydrogens is 290 g/mol. The number of aryl methyl sites for hydroxylation is 2. The highest BCUT2D eigenvalue weighted by Gasteiger charge is 2.18. The number of carboxylic acid groups (broad SMARTS) is 1. The number of carbonyl (C=O) groups excluding carboxylic acids is 1. The van der Waals surface area contributed by atoms with Gasteiger partial charge in [0.2, 0.25) is 0 Å². The third-order valence-electron chi connectivity index (χ3n) is 3.04. The molecule has 6 heteroatoms. The Hall–Kier alpha value is -2.34. The molecule has 1 aromatic heterocycles. The maximum atomic E-state index is 12.2. The normalized spacial score (nSPS) is 10.4. The summed E-state index contributed by atoms with van der Waals surface area (Å²) in [6.07, 6.45) is 0.707. The molecule has 5 nitrogen and oxygen atoms in total. The van der Waals surface area contributed by atoms with E-state index in [4.69, 9.17) is 0 Å². The number of amides is 1. The number of thiophene rings is 1. The van der Waals surface area contributed by atoms with E-state index < -0.39 is 5.97 Å². The second kappa shape index (κ2) is 5.97. The molecule has 0 bridgehead atoms. The van der Waals surface area contributed by atoms with Gasteiger partial charge < -0.3 is 15.5 Å². The lowest BCUT2D eigenvalue weighted by Crippen LogP contribution is -2.14. The molecule has 0 atom stereocenters. The summed E-state index contributed by atoms with van der Waals surface area (Å²) in [5.74, 6) is -1.37. The molecule has 110 valence electrons. The average molecular weight is 305 g/mol. The van der Waals surface area contributed by atoms with Crippen molar-refractivity contribution >= 4 is 28.2 Å². The second-order valence-corrected chi connectivity index (χ2v) is 5.70. The van der Waals surface area contributed by atoms with Crippen LogP contribution in [-0.2, 0) is 6.42 Å². The van der Waals surface area contributed by atoms with Gasteiger partial charge >= 0.3 is 5.97 Å². The number of hydrogen-bond donors (Lipinski definition) is 3. The number of carboxylic acids is 1. The Morgan fingerprint density at radius 3 is 2.52 bits per heavy atom. The summed E-state index contributed by atoms with van der Waals surface area (Å²) in [7, 11) is 0. The summed E-state index contributed by atoms with van der Waals surface area (Å²) >= 11 is 1.26. The van der Waals surface area contributed by atoms with Gasteiger partial charge in [0.05, 0.1) is 5.56 Å². The molecule has 2 aromatic rings. The van der Waals surface area contributed by atoms with Crippen LogP contribution in [0.1, 0.15) is 38.1 Å². The molecule has 1 aromatic carbocycles. The van der Waals surface area contributed by atoms with Gasteiger partial charge in [-0.25, -0.2) is 4.79 Å². The molecule has 0 saturated carbocycles. The third kappa shape index (κ3) is 3.22. The van der Waals surface area contributed by atoms with Crippen LogP contribution in [0.3, 0.4) is 0 Å². The van der Waals surface area contributed by atoms with E-state index in [1.54, 1.807) is 13.0 Å². The van der Waals surface area contributed by atoms with Crippen molar-refractivity contribution in [1.82, 2.24) is 0 Å². The third-order valence-corrected chi connectivity index (χ3v) is 4.24. The Labute approximate surface area is 125 Å². The Balaban J connectivity index is 2.31. The van der Waals surface area contributed by atoms with E-state index in [2.05, 4.69) is 5.32 Å². The number of phenols is 1. The highest BCUT2D eigenvalue weighted by molar-refractivity contribution is 7.16. The van der Waals surface area contributed by atoms with Crippen molar-refractivity contribution in [2.75, 3.05) is 5.32 Å². The van der Waals surface area contributed by atoms with Gasteiger partial charge in [0, 0.05) is 10.4 Å². The van der Waals surface area contributed by atoms with E-state index in [1.807, 2.05) is 6.92 Å². The molecule has 0 fully saturated rings. The van der Waals surface area contributed by atoms with Gasteiger partial charge in [0.1, 0.15) is 10.8 Å². The zero-order chi connectivity index (χ0) is 15.6. The van der Waals surface area contributed by atoms with Crippen LogP contribution in [0.25, 0.3) is 0 Å². The molecule has 3 N–H and O–H groups in total. The molecule has 1 heterocycles. The predicted octanol–water partition coefficient (Wildman–Crippen LogP) is 3.28. The lowest BCUT2D eigenvalue weighted by Gasteiger charge is -2.07. The predicted molar refractivity (Wildman–Crippen MR) is 81.5 cm³/mol. The Bertz CT molecular complexity index is 706. The number of benzene rings is 1. The van der Waals surface area contributed by atoms with E-state index in [9.17, 15) is 19.8 Å². The topological polar surface area (TPSA) is 86.6 Å². The van der Waals surface area contributed by atoms with Gasteiger partial charge in [-0.3, -0.25) is 4.79 Å². The molecule has 0 saturated heterocycles. The SMILES string of the molecule is CCc1cc(C(=O)O)c(NC(=O)c2ccc(O)cc2C)s1. The van der Waals surface area contributed by atoms with Crippen LogP contribution in [0, 0.1) is 6.92 Å². The zero-order valence-electron chi connectivity index (χ0n) is 11.6. The summed E-state index contributed by atoms with van der Waals surface area (Å²) in [6.45, 7) is 3.63. The summed E-state index contributed by atoms with van der Waals surface area (Å²) in [5, 5.41) is 21.5. The quantitative estimate of drug-likeness (QED) is 0.809. The summed E-state index contributed by atoms with van der Waals surface area (Å²) in [6, 6.07) is 5.99. The minimum atomic E-state index is -1.07. The lowest BCUT2D eigenvalue weighted by molar-refractivity contribution is 0.0698. The Morgan fingerprint density at radius 1 is 1.24 bits per heavy atom. The van der Waals surface area contributed by atoms with E-state index >= 15 is 0 Å². The molecule has 1 amide bonds. The minimum Gasteiger partial charge on any atom is -0.508 e. The van der Waals surface area contributed by atoms with Gasteiger partial charge in [0.15, 0.2) is 0 Å². The van der Waals surface area contributed by atoms with E-state index in [0.29, 0.717) is 22.5 Å². The first-order chi connectivity index (χ1) is 9.92. The molecule has 0 aliphatic rings. The first kappa shape index (κ1) is 15.1. The van der Waals surface area contributed by atoms with Crippen molar-refractivity contribution in [3.8, 4) is 5.75 Å². The van der Waals surface area contributed by atoms with Crippen molar-refractivity contribution in [2.24, 2.45) is 0 Å². The zero-order valence-corrected chi connectivity index (χ0v) is 12.5. The number of phenolic OH excluding ortho intramolecular Hbond substituents is 1. The first-order valence-electron chi connectivity index (χ1n) is 6.39. The molecule has 0 aliphatic heterocycles. The van der Waals surface area contributed by atoms with Crippen molar-refractivity contribution in [2.45, 2.75) is 20.3 Å². The highest BCUT2D eigenvalue weighted by Crippen LogP contribution is 2.29. The number of aromatic carboxylic acids is 1. The smallest absolute Gasteiger partial charge is 0.338 e. The van der Waals surface area contributed by atoms with Crippen molar-refractivity contribution in [1.29, 1.82) is 0 Å². The molecule has 0 radical (unpaired) electrons. The van der Waals surface area contributed by atoms with Crippen molar-refractivity contribution < 1.29 is 19.8 Å². The standard InChI is InChI=1S/C15H15NO4S/c1-3-10-7-12(15(19)20)14(21-10)16-13(18)11-5-4-9(17)6-8(11)2/h4-7,17H,3H2,1-2H3,(H,16,18)(H,19,20). The summed E-state index contributed by atoms with van der Waals surface area (Å²) in [4.78, 5) is 24.3. The van der Waals surface area contributed by atoms with E-state index in [1.165, 1.54) is 29.5 Å². The van der Waals surface area contributed by atoms with Crippen molar-refractivity contribution in [3.63, 3.8) is 0 Å². The van der Waals surface area contributed by atoms with Crippen LogP contribution in [0.15, 0.2) is 24.3 Å². The van der Waals surface area contributed by atoms with E-state index in [0.717, 1.165) is 4.88 Å². The van der Waals surface area contributed by atoms with Crippen LogP contribution in [-0.4, -0.2) is 22.1 Å². The van der Waals surface area contributed by atoms with Crippen molar-refractivity contribution in [3.05, 3.63) is 45.8 Å². The fourth-order valence-corrected chi connectivity index (χ4v) is 2.92. The van der Waals surface area contributed by atoms with Crippen LogP contribution >= 0.6 is 11.3 Å².